The van der Waals surface area contributed by atoms with E-state index in [1.54, 1.807) is 23.5 Å². The highest BCUT2D eigenvalue weighted by Crippen LogP contribution is 1.98. The number of aliphatic hydroxyl groups is 3. The standard InChI is InChI=1S/2C5H11NO2S.2C4H9NO3.C3H7NO3/c2*1-9-3-2-4(6)5(7)8;2*1-2(6)3(5)4(7)8;4-2(1-5)3(6)7/h2*4H,2-3,6H2,1H3,(H,7,8);2*2-3,6H,5H2,1H3,(H,7,8);2,5H,1,4H2,(H,6,7). The average Bonchev–Trinajstić information content (AvgIpc) is 2.89. The van der Waals surface area contributed by atoms with Crippen molar-refractivity contribution < 1.29 is 64.8 Å². The third kappa shape index (κ3) is 37.7. The Hall–Kier alpha value is -2.27. The number of hydrogen-bond acceptors (Lipinski definition) is 15. The zero-order chi connectivity index (χ0) is 33.9. The highest BCUT2D eigenvalue weighted by atomic mass is 32.2. The van der Waals surface area contributed by atoms with Gasteiger partial charge in [-0.05, 0) is 50.7 Å². The van der Waals surface area contributed by atoms with Crippen molar-refractivity contribution in [1.82, 2.24) is 0 Å². The number of carboxylic acids is 5. The Morgan fingerprint density at radius 1 is 0.561 bits per heavy atom. The van der Waals surface area contributed by atoms with Gasteiger partial charge in [-0.3, -0.25) is 24.0 Å². The van der Waals surface area contributed by atoms with Crippen molar-refractivity contribution in [3.63, 3.8) is 0 Å². The minimum atomic E-state index is -1.18. The number of hydrogen-bond donors (Lipinski definition) is 13. The van der Waals surface area contributed by atoms with Crippen molar-refractivity contribution in [2.75, 3.05) is 30.6 Å². The molecule has 0 aromatic carbocycles. The van der Waals surface area contributed by atoms with E-state index in [0.29, 0.717) is 12.8 Å². The third-order valence-corrected chi connectivity index (χ3v) is 5.31. The maximum absolute atomic E-state index is 10.1. The van der Waals surface area contributed by atoms with E-state index in [-0.39, 0.29) is 0 Å². The second-order valence-electron chi connectivity index (χ2n) is 7.79. The summed E-state index contributed by atoms with van der Waals surface area (Å²) in [6, 6.07) is -4.81. The third-order valence-electron chi connectivity index (χ3n) is 4.02. The van der Waals surface area contributed by atoms with Gasteiger partial charge < -0.3 is 69.5 Å². The normalized spacial score (nSPS) is 14.8. The zero-order valence-electron chi connectivity index (χ0n) is 23.4. The lowest BCUT2D eigenvalue weighted by atomic mass is 10.2. The molecule has 0 radical (unpaired) electrons. The van der Waals surface area contributed by atoms with Crippen molar-refractivity contribution in [2.24, 2.45) is 28.7 Å². The summed E-state index contributed by atoms with van der Waals surface area (Å²) in [6.45, 7) is 2.16. The summed E-state index contributed by atoms with van der Waals surface area (Å²) in [5.74, 6) is -3.74. The molecule has 0 saturated heterocycles. The highest BCUT2D eigenvalue weighted by Gasteiger charge is 2.17. The predicted octanol–water partition coefficient (Wildman–Crippen LogP) is -3.75. The van der Waals surface area contributed by atoms with Gasteiger partial charge in [0.15, 0.2) is 0 Å². The molecule has 0 fully saturated rings. The van der Waals surface area contributed by atoms with Crippen LogP contribution in [0.2, 0.25) is 0 Å². The summed E-state index contributed by atoms with van der Waals surface area (Å²) in [7, 11) is 0. The van der Waals surface area contributed by atoms with Crippen LogP contribution in [0.25, 0.3) is 0 Å². The van der Waals surface area contributed by atoms with E-state index in [9.17, 15) is 24.0 Å². The van der Waals surface area contributed by atoms with E-state index >= 15 is 0 Å². The van der Waals surface area contributed by atoms with Crippen LogP contribution in [0.1, 0.15) is 26.7 Å². The predicted molar refractivity (Wildman–Crippen MR) is 155 cm³/mol. The first-order valence-corrected chi connectivity index (χ1v) is 14.3. The largest absolute Gasteiger partial charge is 0.480 e. The summed E-state index contributed by atoms with van der Waals surface area (Å²) in [5.41, 5.74) is 25.0. The van der Waals surface area contributed by atoms with Gasteiger partial charge in [-0.2, -0.15) is 23.5 Å². The van der Waals surface area contributed by atoms with Gasteiger partial charge in [0, 0.05) is 0 Å². The van der Waals surface area contributed by atoms with Gasteiger partial charge in [-0.1, -0.05) is 0 Å². The van der Waals surface area contributed by atoms with Crippen LogP contribution in [-0.2, 0) is 24.0 Å². The first-order chi connectivity index (χ1) is 18.6. The fourth-order valence-electron chi connectivity index (χ4n) is 1.23. The quantitative estimate of drug-likeness (QED) is 0.0865. The molecule has 0 aliphatic rings. The van der Waals surface area contributed by atoms with E-state index in [4.69, 9.17) is 69.5 Å². The second-order valence-corrected chi connectivity index (χ2v) is 9.76. The lowest BCUT2D eigenvalue weighted by Crippen LogP contribution is -2.39. The number of thioether (sulfide) groups is 2. The van der Waals surface area contributed by atoms with Crippen LogP contribution in [0.4, 0.5) is 0 Å². The smallest absolute Gasteiger partial charge is 0.323 e. The van der Waals surface area contributed by atoms with Crippen molar-refractivity contribution in [3.8, 4) is 0 Å². The molecule has 20 heteroatoms. The molecule has 41 heavy (non-hydrogen) atoms. The average molecular weight is 642 g/mol. The molecule has 0 spiro atoms. The Balaban J connectivity index is -0.000000132. The number of nitrogens with two attached hydrogens (primary N) is 5. The van der Waals surface area contributed by atoms with Gasteiger partial charge in [0.2, 0.25) is 0 Å². The summed E-state index contributed by atoms with van der Waals surface area (Å²) in [6.07, 6.45) is 3.00. The van der Waals surface area contributed by atoms with E-state index in [0.717, 1.165) is 11.5 Å². The fraction of sp³-hybridized carbons (Fsp3) is 0.762. The summed E-state index contributed by atoms with van der Waals surface area (Å²) in [4.78, 5) is 49.5. The van der Waals surface area contributed by atoms with E-state index in [1.165, 1.54) is 13.8 Å². The number of aliphatic hydroxyl groups excluding tert-OH is 3. The molecule has 0 aliphatic carbocycles. The van der Waals surface area contributed by atoms with Gasteiger partial charge in [-0.25, -0.2) is 0 Å². The van der Waals surface area contributed by atoms with Gasteiger partial charge in [0.05, 0.1) is 18.8 Å². The van der Waals surface area contributed by atoms with Crippen LogP contribution in [0.3, 0.4) is 0 Å². The number of carbonyl (C=O) groups is 5. The Morgan fingerprint density at radius 2 is 0.805 bits per heavy atom. The SMILES string of the molecule is CC(O)C(N)C(=O)O.CC(O)C(N)C(=O)O.CSCCC(N)C(=O)O.CSCCC(N)C(=O)O.NC(CO)C(=O)O. The molecule has 0 saturated carbocycles. The molecule has 0 bridgehead atoms. The molecule has 0 aromatic heterocycles. The molecule has 0 heterocycles. The fourth-order valence-corrected chi connectivity index (χ4v) is 2.21. The molecule has 0 amide bonds. The lowest BCUT2D eigenvalue weighted by Gasteiger charge is -2.07. The summed E-state index contributed by atoms with van der Waals surface area (Å²) >= 11 is 3.21. The van der Waals surface area contributed by atoms with Crippen LogP contribution in [0, 0.1) is 0 Å². The zero-order valence-corrected chi connectivity index (χ0v) is 25.0. The van der Waals surface area contributed by atoms with Crippen LogP contribution in [0.15, 0.2) is 0 Å². The topological polar surface area (TPSA) is 377 Å². The van der Waals surface area contributed by atoms with Crippen LogP contribution in [0.5, 0.6) is 0 Å². The maximum Gasteiger partial charge on any atom is 0.323 e. The monoisotopic (exact) mass is 641 g/mol. The second kappa shape index (κ2) is 30.7. The molecule has 18 nitrogen and oxygen atoms in total. The first kappa shape index (κ1) is 48.5. The minimum absolute atomic E-state index is 0.505. The number of aliphatic carboxylic acids is 5. The molecule has 18 N–H and O–H groups in total. The minimum Gasteiger partial charge on any atom is -0.480 e. The molecule has 0 aliphatic heterocycles. The van der Waals surface area contributed by atoms with Gasteiger partial charge in [0.1, 0.15) is 30.2 Å². The molecular formula is C21H47N5O13S2. The van der Waals surface area contributed by atoms with Gasteiger partial charge in [0.25, 0.3) is 0 Å². The Kier molecular flexibility index (Phi) is 36.3. The van der Waals surface area contributed by atoms with Gasteiger partial charge >= 0.3 is 29.8 Å². The first-order valence-electron chi connectivity index (χ1n) is 11.5. The maximum atomic E-state index is 10.1. The van der Waals surface area contributed by atoms with E-state index < -0.39 is 78.9 Å². The summed E-state index contributed by atoms with van der Waals surface area (Å²) < 4.78 is 0. The number of carboxylic acid groups (broad SMARTS) is 5. The number of rotatable bonds is 14. The molecule has 7 atom stereocenters. The van der Waals surface area contributed by atoms with Crippen molar-refractivity contribution in [2.45, 2.75) is 69.1 Å². The lowest BCUT2D eigenvalue weighted by molar-refractivity contribution is -0.141. The van der Waals surface area contributed by atoms with Crippen LogP contribution >= 0.6 is 23.5 Å². The Labute approximate surface area is 246 Å². The van der Waals surface area contributed by atoms with Crippen molar-refractivity contribution >= 4 is 53.4 Å². The highest BCUT2D eigenvalue weighted by molar-refractivity contribution is 7.98. The summed E-state index contributed by atoms with van der Waals surface area (Å²) in [5, 5.41) is 65.6. The molecule has 7 unspecified atom stereocenters. The van der Waals surface area contributed by atoms with Crippen molar-refractivity contribution in [1.29, 1.82) is 0 Å². The molecule has 0 aromatic rings. The van der Waals surface area contributed by atoms with Crippen LogP contribution < -0.4 is 28.7 Å². The Morgan fingerprint density at radius 3 is 0.878 bits per heavy atom. The Bertz CT molecular complexity index is 673. The van der Waals surface area contributed by atoms with Gasteiger partial charge in [-0.15, -0.1) is 0 Å². The molecule has 246 valence electrons. The van der Waals surface area contributed by atoms with E-state index in [1.807, 2.05) is 12.5 Å². The molecular weight excluding hydrogens is 594 g/mol. The van der Waals surface area contributed by atoms with Crippen molar-refractivity contribution in [3.05, 3.63) is 0 Å². The van der Waals surface area contributed by atoms with E-state index in [2.05, 4.69) is 0 Å². The van der Waals surface area contributed by atoms with Crippen LogP contribution in [-0.4, -0.2) is 144 Å². The molecule has 0 rings (SSSR count).